The van der Waals surface area contributed by atoms with Crippen LogP contribution in [0.25, 0.3) is 0 Å². The van der Waals surface area contributed by atoms with Gasteiger partial charge in [0, 0.05) is 5.54 Å². The zero-order valence-corrected chi connectivity index (χ0v) is 12.8. The van der Waals surface area contributed by atoms with Crippen molar-refractivity contribution in [3.05, 3.63) is 23.8 Å². The van der Waals surface area contributed by atoms with Crippen LogP contribution in [0.1, 0.15) is 44.0 Å². The Bertz CT molecular complexity index is 524. The Kier molecular flexibility index (Phi) is 5.58. The number of amides is 2. The van der Waals surface area contributed by atoms with E-state index in [2.05, 4.69) is 10.6 Å². The normalized spacial score (nSPS) is 10.9. The van der Waals surface area contributed by atoms with Crippen molar-refractivity contribution < 1.29 is 19.4 Å². The molecule has 0 aromatic heterocycles. The number of anilines is 1. The van der Waals surface area contributed by atoms with Gasteiger partial charge in [-0.1, -0.05) is 13.8 Å². The first-order valence-corrected chi connectivity index (χ1v) is 6.85. The summed E-state index contributed by atoms with van der Waals surface area (Å²) in [5.41, 5.74) is -0.102. The van der Waals surface area contributed by atoms with Crippen LogP contribution in [0.4, 0.5) is 10.5 Å². The van der Waals surface area contributed by atoms with E-state index in [1.807, 2.05) is 20.8 Å². The molecule has 0 unspecified atom stereocenters. The predicted molar refractivity (Wildman–Crippen MR) is 81.1 cm³/mol. The lowest BCUT2D eigenvalue weighted by molar-refractivity contribution is 0.0697. The molecular formula is C15H22N2O4. The largest absolute Gasteiger partial charge is 0.497 e. The van der Waals surface area contributed by atoms with Crippen molar-refractivity contribution in [2.75, 3.05) is 12.4 Å². The van der Waals surface area contributed by atoms with Crippen LogP contribution >= 0.6 is 0 Å². The smallest absolute Gasteiger partial charge is 0.337 e. The number of hydrogen-bond donors (Lipinski definition) is 3. The van der Waals surface area contributed by atoms with Gasteiger partial charge in [0.25, 0.3) is 0 Å². The fourth-order valence-electron chi connectivity index (χ4n) is 1.79. The Hall–Kier alpha value is -2.24. The topological polar surface area (TPSA) is 87.7 Å². The highest BCUT2D eigenvalue weighted by atomic mass is 16.5. The zero-order valence-electron chi connectivity index (χ0n) is 12.8. The number of rotatable bonds is 6. The molecule has 0 aliphatic rings. The summed E-state index contributed by atoms with van der Waals surface area (Å²) >= 11 is 0. The molecule has 0 radical (unpaired) electrons. The van der Waals surface area contributed by atoms with Crippen LogP contribution in [-0.4, -0.2) is 29.8 Å². The van der Waals surface area contributed by atoms with E-state index < -0.39 is 12.0 Å². The molecule has 0 spiro atoms. The second-order valence-electron chi connectivity index (χ2n) is 5.06. The second kappa shape index (κ2) is 6.97. The fourth-order valence-corrected chi connectivity index (χ4v) is 1.79. The number of aromatic carboxylic acids is 1. The molecule has 0 saturated heterocycles. The van der Waals surface area contributed by atoms with Crippen LogP contribution in [0.15, 0.2) is 18.2 Å². The van der Waals surface area contributed by atoms with E-state index in [4.69, 9.17) is 4.74 Å². The highest BCUT2D eigenvalue weighted by molar-refractivity contribution is 6.00. The Morgan fingerprint density at radius 2 is 1.90 bits per heavy atom. The van der Waals surface area contributed by atoms with Gasteiger partial charge in [0.2, 0.25) is 0 Å². The third-order valence-corrected chi connectivity index (χ3v) is 3.68. The van der Waals surface area contributed by atoms with Gasteiger partial charge >= 0.3 is 12.0 Å². The number of methoxy groups -OCH3 is 1. The van der Waals surface area contributed by atoms with Crippen LogP contribution in [-0.2, 0) is 0 Å². The highest BCUT2D eigenvalue weighted by Crippen LogP contribution is 2.22. The van der Waals surface area contributed by atoms with Crippen LogP contribution in [0.5, 0.6) is 5.75 Å². The van der Waals surface area contributed by atoms with E-state index in [0.29, 0.717) is 5.75 Å². The third-order valence-electron chi connectivity index (χ3n) is 3.68. The molecule has 6 heteroatoms. The van der Waals surface area contributed by atoms with E-state index in [-0.39, 0.29) is 16.8 Å². The average molecular weight is 294 g/mol. The van der Waals surface area contributed by atoms with Crippen molar-refractivity contribution in [3.8, 4) is 5.75 Å². The molecule has 21 heavy (non-hydrogen) atoms. The van der Waals surface area contributed by atoms with Gasteiger partial charge in [-0.25, -0.2) is 9.59 Å². The minimum Gasteiger partial charge on any atom is -0.497 e. The van der Waals surface area contributed by atoms with E-state index in [1.54, 1.807) is 6.07 Å². The monoisotopic (exact) mass is 294 g/mol. The lowest BCUT2D eigenvalue weighted by atomic mass is 9.96. The lowest BCUT2D eigenvalue weighted by Gasteiger charge is -2.28. The number of hydrogen-bond acceptors (Lipinski definition) is 3. The second-order valence-corrected chi connectivity index (χ2v) is 5.06. The number of urea groups is 1. The maximum atomic E-state index is 12.0. The van der Waals surface area contributed by atoms with Gasteiger partial charge in [0.1, 0.15) is 5.75 Å². The molecule has 2 amide bonds. The number of benzene rings is 1. The molecule has 116 valence electrons. The number of carboxylic acid groups (broad SMARTS) is 1. The van der Waals surface area contributed by atoms with E-state index in [0.717, 1.165) is 12.8 Å². The minimum atomic E-state index is -1.13. The number of carbonyl (C=O) groups is 2. The minimum absolute atomic E-state index is 0.0146. The van der Waals surface area contributed by atoms with E-state index >= 15 is 0 Å². The van der Waals surface area contributed by atoms with Crippen molar-refractivity contribution in [2.24, 2.45) is 0 Å². The summed E-state index contributed by atoms with van der Waals surface area (Å²) in [6.07, 6.45) is 1.57. The van der Waals surface area contributed by atoms with Crippen LogP contribution in [0.2, 0.25) is 0 Å². The quantitative estimate of drug-likeness (QED) is 0.752. The SMILES string of the molecule is CCC(C)(CC)NC(=O)Nc1ccc(OC)cc1C(=O)O. The van der Waals surface area contributed by atoms with Gasteiger partial charge in [-0.05, 0) is 38.0 Å². The Labute approximate surface area is 124 Å². The zero-order chi connectivity index (χ0) is 16.0. The van der Waals surface area contributed by atoms with Gasteiger partial charge in [0.05, 0.1) is 18.4 Å². The molecular weight excluding hydrogens is 272 g/mol. The first-order valence-electron chi connectivity index (χ1n) is 6.85. The molecule has 1 aromatic carbocycles. The Morgan fingerprint density at radius 3 is 2.38 bits per heavy atom. The highest BCUT2D eigenvalue weighted by Gasteiger charge is 2.22. The summed E-state index contributed by atoms with van der Waals surface area (Å²) in [6.45, 7) is 5.92. The van der Waals surface area contributed by atoms with Gasteiger partial charge in [-0.2, -0.15) is 0 Å². The first-order chi connectivity index (χ1) is 9.85. The number of ether oxygens (including phenoxy) is 1. The summed E-state index contributed by atoms with van der Waals surface area (Å²) in [4.78, 5) is 23.3. The molecule has 0 bridgehead atoms. The van der Waals surface area contributed by atoms with Crippen molar-refractivity contribution in [1.29, 1.82) is 0 Å². The number of carboxylic acids is 1. The number of carbonyl (C=O) groups excluding carboxylic acids is 1. The van der Waals surface area contributed by atoms with E-state index in [9.17, 15) is 14.7 Å². The van der Waals surface area contributed by atoms with Gasteiger partial charge in [-0.15, -0.1) is 0 Å². The van der Waals surface area contributed by atoms with Gasteiger partial charge < -0.3 is 20.5 Å². The van der Waals surface area contributed by atoms with Crippen molar-refractivity contribution in [2.45, 2.75) is 39.2 Å². The summed E-state index contributed by atoms with van der Waals surface area (Å²) in [5, 5.41) is 14.6. The van der Waals surface area contributed by atoms with Crippen molar-refractivity contribution in [1.82, 2.24) is 5.32 Å². The van der Waals surface area contributed by atoms with E-state index in [1.165, 1.54) is 19.2 Å². The van der Waals surface area contributed by atoms with Crippen LogP contribution in [0.3, 0.4) is 0 Å². The average Bonchev–Trinajstić information content (AvgIpc) is 2.47. The van der Waals surface area contributed by atoms with Crippen molar-refractivity contribution >= 4 is 17.7 Å². The molecule has 6 nitrogen and oxygen atoms in total. The Balaban J connectivity index is 2.92. The Morgan fingerprint density at radius 1 is 1.29 bits per heavy atom. The molecule has 0 aliphatic heterocycles. The molecule has 0 atom stereocenters. The predicted octanol–water partition coefficient (Wildman–Crippen LogP) is 3.09. The molecule has 1 aromatic rings. The van der Waals surface area contributed by atoms with Gasteiger partial charge in [-0.3, -0.25) is 0 Å². The van der Waals surface area contributed by atoms with Crippen LogP contribution in [0, 0.1) is 0 Å². The molecule has 0 aliphatic carbocycles. The summed E-state index contributed by atoms with van der Waals surface area (Å²) in [6, 6.07) is 4.06. The summed E-state index contributed by atoms with van der Waals surface area (Å²) in [5.74, 6) is -0.705. The van der Waals surface area contributed by atoms with Crippen molar-refractivity contribution in [3.63, 3.8) is 0 Å². The lowest BCUT2D eigenvalue weighted by Crippen LogP contribution is -2.47. The fraction of sp³-hybridized carbons (Fsp3) is 0.467. The summed E-state index contributed by atoms with van der Waals surface area (Å²) in [7, 11) is 1.45. The maximum absolute atomic E-state index is 12.0. The molecule has 1 rings (SSSR count). The van der Waals surface area contributed by atoms with Crippen LogP contribution < -0.4 is 15.4 Å². The maximum Gasteiger partial charge on any atom is 0.337 e. The molecule has 3 N–H and O–H groups in total. The molecule has 0 heterocycles. The first kappa shape index (κ1) is 16.8. The molecule has 0 saturated carbocycles. The van der Waals surface area contributed by atoms with Gasteiger partial charge in [0.15, 0.2) is 0 Å². The molecule has 0 fully saturated rings. The third kappa shape index (κ3) is 4.37. The standard InChI is InChI=1S/C15H22N2O4/c1-5-15(3,6-2)17-14(20)16-12-8-7-10(21-4)9-11(12)13(18)19/h7-9H,5-6H2,1-4H3,(H,18,19)(H2,16,17,20). The summed E-state index contributed by atoms with van der Waals surface area (Å²) < 4.78 is 4.99. The number of nitrogens with one attached hydrogen (secondary N) is 2.